The first-order valence-corrected chi connectivity index (χ1v) is 8.33. The zero-order valence-corrected chi connectivity index (χ0v) is 12.8. The number of aromatic nitrogens is 1. The second-order valence-corrected chi connectivity index (χ2v) is 7.25. The first-order chi connectivity index (χ1) is 8.84. The predicted molar refractivity (Wildman–Crippen MR) is 73.0 cm³/mol. The van der Waals surface area contributed by atoms with Gasteiger partial charge in [0.1, 0.15) is 0 Å². The maximum atomic E-state index is 12.4. The number of hydrogen-bond acceptors (Lipinski definition) is 5. The van der Waals surface area contributed by atoms with Crippen LogP contribution in [0.5, 0.6) is 0 Å². The average molecular weight is 306 g/mol. The lowest BCUT2D eigenvalue weighted by atomic mass is 10.1. The van der Waals surface area contributed by atoms with Crippen LogP contribution in [0.15, 0.2) is 9.72 Å². The van der Waals surface area contributed by atoms with Gasteiger partial charge in [-0.05, 0) is 5.92 Å². The van der Waals surface area contributed by atoms with Crippen LogP contribution in [0.1, 0.15) is 37.7 Å². The Labute approximate surface area is 117 Å². The molecule has 1 N–H and O–H groups in total. The molecule has 0 fully saturated rings. The summed E-state index contributed by atoms with van der Waals surface area (Å²) in [7, 11) is -3.78. The monoisotopic (exact) mass is 306 g/mol. The molecule has 19 heavy (non-hydrogen) atoms. The summed E-state index contributed by atoms with van der Waals surface area (Å²) in [5, 5.41) is 8.96. The van der Waals surface area contributed by atoms with Gasteiger partial charge in [-0.25, -0.2) is 18.2 Å². The molecule has 0 aromatic carbocycles. The van der Waals surface area contributed by atoms with E-state index < -0.39 is 21.7 Å². The Bertz CT molecular complexity index is 539. The molecule has 0 aliphatic heterocycles. The van der Waals surface area contributed by atoms with Crippen molar-refractivity contribution in [2.75, 3.05) is 13.1 Å². The van der Waals surface area contributed by atoms with Crippen LogP contribution in [-0.2, 0) is 10.0 Å². The van der Waals surface area contributed by atoms with E-state index in [9.17, 15) is 13.2 Å². The standard InChI is InChI=1S/C11H18N2O4S2/c1-4-8(3)6-13(5-2)19(16,17)11-9(10(14)15)12-7-18-11/h7-8H,4-6H2,1-3H3,(H,14,15). The Morgan fingerprint density at radius 2 is 2.16 bits per heavy atom. The zero-order valence-electron chi connectivity index (χ0n) is 11.2. The van der Waals surface area contributed by atoms with E-state index in [1.165, 1.54) is 9.82 Å². The fourth-order valence-electron chi connectivity index (χ4n) is 1.55. The SMILES string of the molecule is CCC(C)CN(CC)S(=O)(=O)c1scnc1C(=O)O. The van der Waals surface area contributed by atoms with Gasteiger partial charge in [0.05, 0.1) is 5.51 Å². The van der Waals surface area contributed by atoms with E-state index in [0.29, 0.717) is 13.1 Å². The third-order valence-corrected chi connectivity index (χ3v) is 6.16. The molecule has 1 unspecified atom stereocenters. The lowest BCUT2D eigenvalue weighted by Gasteiger charge is -2.22. The van der Waals surface area contributed by atoms with Gasteiger partial charge in [0.2, 0.25) is 0 Å². The third-order valence-electron chi connectivity index (χ3n) is 2.88. The van der Waals surface area contributed by atoms with Gasteiger partial charge in [-0.2, -0.15) is 4.31 Å². The van der Waals surface area contributed by atoms with Crippen molar-refractivity contribution in [3.8, 4) is 0 Å². The maximum Gasteiger partial charge on any atom is 0.356 e. The van der Waals surface area contributed by atoms with Gasteiger partial charge in [-0.15, -0.1) is 11.3 Å². The number of aromatic carboxylic acids is 1. The number of carbonyl (C=O) groups is 1. The van der Waals surface area contributed by atoms with Crippen LogP contribution in [0, 0.1) is 5.92 Å². The van der Waals surface area contributed by atoms with Crippen molar-refractivity contribution < 1.29 is 18.3 Å². The van der Waals surface area contributed by atoms with E-state index in [1.807, 2.05) is 13.8 Å². The number of sulfonamides is 1. The highest BCUT2D eigenvalue weighted by atomic mass is 32.2. The van der Waals surface area contributed by atoms with Gasteiger partial charge >= 0.3 is 5.97 Å². The summed E-state index contributed by atoms with van der Waals surface area (Å²) < 4.78 is 26.0. The minimum atomic E-state index is -3.78. The van der Waals surface area contributed by atoms with Crippen molar-refractivity contribution in [1.29, 1.82) is 0 Å². The topological polar surface area (TPSA) is 87.6 Å². The van der Waals surface area contributed by atoms with E-state index >= 15 is 0 Å². The molecule has 0 aliphatic rings. The van der Waals surface area contributed by atoms with Gasteiger partial charge in [0, 0.05) is 13.1 Å². The van der Waals surface area contributed by atoms with Crippen LogP contribution >= 0.6 is 11.3 Å². The summed E-state index contributed by atoms with van der Waals surface area (Å²) in [6, 6.07) is 0. The summed E-state index contributed by atoms with van der Waals surface area (Å²) in [6.45, 7) is 6.38. The molecule has 1 aromatic rings. The second-order valence-electron chi connectivity index (χ2n) is 4.26. The largest absolute Gasteiger partial charge is 0.476 e. The molecule has 1 aromatic heterocycles. The summed E-state index contributed by atoms with van der Waals surface area (Å²) in [6.07, 6.45) is 0.862. The summed E-state index contributed by atoms with van der Waals surface area (Å²) in [5.74, 6) is -1.10. The van der Waals surface area contributed by atoms with Gasteiger partial charge in [0.15, 0.2) is 9.90 Å². The fourth-order valence-corrected chi connectivity index (χ4v) is 4.40. The van der Waals surface area contributed by atoms with E-state index in [-0.39, 0.29) is 10.1 Å². The molecule has 1 heterocycles. The van der Waals surface area contributed by atoms with Crippen molar-refractivity contribution in [3.63, 3.8) is 0 Å². The van der Waals surface area contributed by atoms with E-state index in [1.54, 1.807) is 6.92 Å². The minimum Gasteiger partial charge on any atom is -0.476 e. The number of nitrogens with zero attached hydrogens (tertiary/aromatic N) is 2. The van der Waals surface area contributed by atoms with Crippen LogP contribution in [0.4, 0.5) is 0 Å². The smallest absolute Gasteiger partial charge is 0.356 e. The molecule has 0 spiro atoms. The third kappa shape index (κ3) is 3.52. The average Bonchev–Trinajstić information content (AvgIpc) is 2.85. The van der Waals surface area contributed by atoms with Crippen molar-refractivity contribution in [1.82, 2.24) is 9.29 Å². The Balaban J connectivity index is 3.14. The van der Waals surface area contributed by atoms with E-state index in [4.69, 9.17) is 5.11 Å². The van der Waals surface area contributed by atoms with Gasteiger partial charge in [0.25, 0.3) is 10.0 Å². The van der Waals surface area contributed by atoms with Crippen molar-refractivity contribution in [3.05, 3.63) is 11.2 Å². The maximum absolute atomic E-state index is 12.4. The summed E-state index contributed by atoms with van der Waals surface area (Å²) >= 11 is 0.842. The number of hydrogen-bond donors (Lipinski definition) is 1. The molecular formula is C11H18N2O4S2. The molecule has 1 rings (SSSR count). The minimum absolute atomic E-state index is 0.190. The highest BCUT2D eigenvalue weighted by Crippen LogP contribution is 2.25. The molecule has 0 aliphatic carbocycles. The van der Waals surface area contributed by atoms with Crippen LogP contribution in [-0.4, -0.2) is 41.9 Å². The lowest BCUT2D eigenvalue weighted by molar-refractivity contribution is 0.0687. The first kappa shape index (κ1) is 16.1. The molecule has 0 radical (unpaired) electrons. The van der Waals surface area contributed by atoms with E-state index in [2.05, 4.69) is 4.98 Å². The Morgan fingerprint density at radius 3 is 2.63 bits per heavy atom. The highest BCUT2D eigenvalue weighted by molar-refractivity contribution is 7.91. The highest BCUT2D eigenvalue weighted by Gasteiger charge is 2.31. The van der Waals surface area contributed by atoms with Crippen molar-refractivity contribution in [2.24, 2.45) is 5.92 Å². The predicted octanol–water partition coefficient (Wildman–Crippen LogP) is 1.90. The van der Waals surface area contributed by atoms with Gasteiger partial charge < -0.3 is 5.11 Å². The first-order valence-electron chi connectivity index (χ1n) is 6.01. The Morgan fingerprint density at radius 1 is 1.53 bits per heavy atom. The Kier molecular flexibility index (Phi) is 5.45. The number of carboxylic acid groups (broad SMARTS) is 1. The van der Waals surface area contributed by atoms with Crippen LogP contribution < -0.4 is 0 Å². The van der Waals surface area contributed by atoms with Crippen LogP contribution in [0.3, 0.4) is 0 Å². The fraction of sp³-hybridized carbons (Fsp3) is 0.636. The number of rotatable bonds is 7. The lowest BCUT2D eigenvalue weighted by Crippen LogP contribution is -2.34. The van der Waals surface area contributed by atoms with Crippen molar-refractivity contribution >= 4 is 27.3 Å². The van der Waals surface area contributed by atoms with Crippen LogP contribution in [0.25, 0.3) is 0 Å². The molecule has 0 saturated carbocycles. The molecule has 6 nitrogen and oxygen atoms in total. The normalized spacial score (nSPS) is 13.7. The zero-order chi connectivity index (χ0) is 14.6. The Hall–Kier alpha value is -0.990. The molecule has 0 saturated heterocycles. The summed E-state index contributed by atoms with van der Waals surface area (Å²) in [4.78, 5) is 14.6. The molecule has 0 bridgehead atoms. The van der Waals surface area contributed by atoms with Gasteiger partial charge in [-0.1, -0.05) is 27.2 Å². The molecular weight excluding hydrogens is 288 g/mol. The number of carboxylic acids is 1. The molecule has 0 amide bonds. The molecule has 1 atom stereocenters. The van der Waals surface area contributed by atoms with Crippen molar-refractivity contribution in [2.45, 2.75) is 31.4 Å². The van der Waals surface area contributed by atoms with Gasteiger partial charge in [-0.3, -0.25) is 0 Å². The number of thiazole rings is 1. The quantitative estimate of drug-likeness (QED) is 0.831. The molecule has 8 heteroatoms. The van der Waals surface area contributed by atoms with E-state index in [0.717, 1.165) is 17.8 Å². The summed E-state index contributed by atoms with van der Waals surface area (Å²) in [5.41, 5.74) is 0.848. The molecule has 108 valence electrons. The second kappa shape index (κ2) is 6.44. The van der Waals surface area contributed by atoms with Crippen LogP contribution in [0.2, 0.25) is 0 Å².